The molecular formula is C9H12N2OS. The summed E-state index contributed by atoms with van der Waals surface area (Å²) in [5.41, 5.74) is 0.528. The summed E-state index contributed by atoms with van der Waals surface area (Å²) in [6, 6.07) is 0. The second-order valence-electron chi connectivity index (χ2n) is 2.90. The van der Waals surface area contributed by atoms with Crippen molar-refractivity contribution in [2.45, 2.75) is 6.92 Å². The maximum Gasteiger partial charge on any atom is 0.206 e. The van der Waals surface area contributed by atoms with E-state index < -0.39 is 0 Å². The molecule has 0 aliphatic rings. The van der Waals surface area contributed by atoms with E-state index in [0.29, 0.717) is 5.69 Å². The molecule has 13 heavy (non-hydrogen) atoms. The number of hydrogen-bond acceptors (Lipinski definition) is 4. The van der Waals surface area contributed by atoms with Gasteiger partial charge in [0.1, 0.15) is 5.69 Å². The summed E-state index contributed by atoms with van der Waals surface area (Å²) in [5, 5.41) is 2.69. The Balaban J connectivity index is 2.69. The van der Waals surface area contributed by atoms with Gasteiger partial charge in [-0.3, -0.25) is 4.79 Å². The van der Waals surface area contributed by atoms with Crippen LogP contribution in [0.5, 0.6) is 0 Å². The molecule has 1 aromatic heterocycles. The van der Waals surface area contributed by atoms with Gasteiger partial charge in [-0.05, 0) is 6.92 Å². The first kappa shape index (κ1) is 9.92. The average molecular weight is 196 g/mol. The molecule has 0 N–H and O–H groups in total. The Hall–Kier alpha value is -1.16. The van der Waals surface area contributed by atoms with Gasteiger partial charge in [-0.1, -0.05) is 0 Å². The van der Waals surface area contributed by atoms with Crippen molar-refractivity contribution < 1.29 is 4.79 Å². The van der Waals surface area contributed by atoms with E-state index in [1.54, 1.807) is 11.6 Å². The molecule has 0 bridgehead atoms. The second kappa shape index (κ2) is 4.18. The summed E-state index contributed by atoms with van der Waals surface area (Å²) in [7, 11) is 3.74. The summed E-state index contributed by atoms with van der Waals surface area (Å²) in [6.07, 6.45) is 3.24. The number of aromatic nitrogens is 1. The number of allylic oxidation sites excluding steroid dienone is 1. The smallest absolute Gasteiger partial charge is 0.206 e. The molecule has 0 aliphatic heterocycles. The molecule has 4 heteroatoms. The first-order valence-corrected chi connectivity index (χ1v) is 4.78. The molecule has 0 aromatic carbocycles. The molecule has 0 amide bonds. The molecule has 0 saturated carbocycles. The third-order valence-electron chi connectivity index (χ3n) is 1.40. The maximum absolute atomic E-state index is 11.4. The topological polar surface area (TPSA) is 33.2 Å². The van der Waals surface area contributed by atoms with E-state index in [0.717, 1.165) is 5.01 Å². The highest BCUT2D eigenvalue weighted by atomic mass is 32.1. The van der Waals surface area contributed by atoms with Crippen LogP contribution in [0.4, 0.5) is 0 Å². The van der Waals surface area contributed by atoms with Gasteiger partial charge in [-0.25, -0.2) is 4.98 Å². The number of ketones is 1. The minimum atomic E-state index is -0.0435. The predicted octanol–water partition coefficient (Wildman–Crippen LogP) is 1.71. The Bertz CT molecular complexity index is 328. The van der Waals surface area contributed by atoms with Gasteiger partial charge >= 0.3 is 0 Å². The van der Waals surface area contributed by atoms with E-state index in [-0.39, 0.29) is 5.78 Å². The van der Waals surface area contributed by atoms with Gasteiger partial charge in [0.25, 0.3) is 0 Å². The molecule has 70 valence electrons. The zero-order valence-corrected chi connectivity index (χ0v) is 8.76. The van der Waals surface area contributed by atoms with Crippen molar-refractivity contribution in [1.29, 1.82) is 0 Å². The molecule has 1 rings (SSSR count). The molecule has 1 aromatic rings. The fourth-order valence-corrected chi connectivity index (χ4v) is 1.38. The lowest BCUT2D eigenvalue weighted by Gasteiger charge is -2.01. The zero-order valence-electron chi connectivity index (χ0n) is 7.94. The molecule has 0 spiro atoms. The molecule has 0 radical (unpaired) electrons. The lowest BCUT2D eigenvalue weighted by Crippen LogP contribution is -2.03. The van der Waals surface area contributed by atoms with Crippen LogP contribution in [0.1, 0.15) is 15.5 Å². The van der Waals surface area contributed by atoms with Crippen LogP contribution in [0, 0.1) is 6.92 Å². The number of hydrogen-bond donors (Lipinski definition) is 0. The predicted molar refractivity (Wildman–Crippen MR) is 54.0 cm³/mol. The normalized spacial score (nSPS) is 10.7. The second-order valence-corrected chi connectivity index (χ2v) is 3.96. The van der Waals surface area contributed by atoms with Gasteiger partial charge in [0.05, 0.1) is 5.01 Å². The highest BCUT2D eigenvalue weighted by Crippen LogP contribution is 2.08. The fourth-order valence-electron chi connectivity index (χ4n) is 0.779. The summed E-state index contributed by atoms with van der Waals surface area (Å²) >= 11 is 1.49. The quantitative estimate of drug-likeness (QED) is 0.545. The third kappa shape index (κ3) is 2.99. The van der Waals surface area contributed by atoms with E-state index in [1.807, 2.05) is 25.9 Å². The van der Waals surface area contributed by atoms with Crippen molar-refractivity contribution in [3.63, 3.8) is 0 Å². The number of carbonyl (C=O) groups excluding carboxylic acids is 1. The molecule has 0 fully saturated rings. The van der Waals surface area contributed by atoms with Crippen molar-refractivity contribution in [2.75, 3.05) is 14.1 Å². The van der Waals surface area contributed by atoms with Crippen molar-refractivity contribution in [3.8, 4) is 0 Å². The molecule has 0 unspecified atom stereocenters. The molecule has 3 nitrogen and oxygen atoms in total. The van der Waals surface area contributed by atoms with Gasteiger partial charge in [-0.15, -0.1) is 11.3 Å². The summed E-state index contributed by atoms with van der Waals surface area (Å²) in [5.74, 6) is -0.0435. The van der Waals surface area contributed by atoms with Gasteiger partial charge in [0, 0.05) is 31.8 Å². The average Bonchev–Trinajstić information content (AvgIpc) is 2.47. The molecule has 0 saturated heterocycles. The first-order valence-electron chi connectivity index (χ1n) is 3.90. The van der Waals surface area contributed by atoms with Gasteiger partial charge in [0.2, 0.25) is 5.78 Å². The van der Waals surface area contributed by atoms with Crippen LogP contribution in [0.15, 0.2) is 17.7 Å². The number of nitrogens with zero attached hydrogens (tertiary/aromatic N) is 2. The first-order chi connectivity index (χ1) is 6.09. The summed E-state index contributed by atoms with van der Waals surface area (Å²) in [6.45, 7) is 1.89. The highest BCUT2D eigenvalue weighted by molar-refractivity contribution is 7.09. The van der Waals surface area contributed by atoms with Gasteiger partial charge in [0.15, 0.2) is 0 Å². The molecule has 0 aliphatic carbocycles. The molecule has 0 atom stereocenters. The SMILES string of the molecule is Cc1nc(C(=O)/C=C/N(C)C)cs1. The van der Waals surface area contributed by atoms with Gasteiger partial charge < -0.3 is 4.90 Å². The van der Waals surface area contributed by atoms with Crippen LogP contribution in [0.25, 0.3) is 0 Å². The Morgan fingerprint density at radius 2 is 2.31 bits per heavy atom. The van der Waals surface area contributed by atoms with Crippen LogP contribution >= 0.6 is 11.3 Å². The van der Waals surface area contributed by atoms with Crippen LogP contribution in [-0.2, 0) is 0 Å². The van der Waals surface area contributed by atoms with Gasteiger partial charge in [-0.2, -0.15) is 0 Å². The summed E-state index contributed by atoms with van der Waals surface area (Å²) < 4.78 is 0. The Morgan fingerprint density at radius 3 is 2.77 bits per heavy atom. The Morgan fingerprint density at radius 1 is 1.62 bits per heavy atom. The van der Waals surface area contributed by atoms with E-state index in [4.69, 9.17) is 0 Å². The van der Waals surface area contributed by atoms with Crippen molar-refractivity contribution in [2.24, 2.45) is 0 Å². The molecule has 1 heterocycles. The summed E-state index contributed by atoms with van der Waals surface area (Å²) in [4.78, 5) is 17.3. The number of thiazole rings is 1. The van der Waals surface area contributed by atoms with Crippen LogP contribution in [0.2, 0.25) is 0 Å². The van der Waals surface area contributed by atoms with Crippen molar-refractivity contribution >= 4 is 17.1 Å². The van der Waals surface area contributed by atoms with E-state index >= 15 is 0 Å². The lowest BCUT2D eigenvalue weighted by molar-refractivity contribution is 0.104. The van der Waals surface area contributed by atoms with Crippen LogP contribution < -0.4 is 0 Å². The number of carbonyl (C=O) groups is 1. The highest BCUT2D eigenvalue weighted by Gasteiger charge is 2.04. The fraction of sp³-hybridized carbons (Fsp3) is 0.333. The maximum atomic E-state index is 11.4. The van der Waals surface area contributed by atoms with Crippen LogP contribution in [0.3, 0.4) is 0 Å². The van der Waals surface area contributed by atoms with E-state index in [2.05, 4.69) is 4.98 Å². The minimum absolute atomic E-state index is 0.0435. The Labute approximate surface area is 81.7 Å². The Kier molecular flexibility index (Phi) is 3.19. The van der Waals surface area contributed by atoms with E-state index in [9.17, 15) is 4.79 Å². The third-order valence-corrected chi connectivity index (χ3v) is 2.17. The number of rotatable bonds is 3. The van der Waals surface area contributed by atoms with Crippen molar-refractivity contribution in [3.05, 3.63) is 28.4 Å². The number of aryl methyl sites for hydroxylation is 1. The van der Waals surface area contributed by atoms with E-state index in [1.165, 1.54) is 17.4 Å². The monoisotopic (exact) mass is 196 g/mol. The largest absolute Gasteiger partial charge is 0.383 e. The zero-order chi connectivity index (χ0) is 9.84. The minimum Gasteiger partial charge on any atom is -0.383 e. The van der Waals surface area contributed by atoms with Crippen LogP contribution in [-0.4, -0.2) is 29.8 Å². The van der Waals surface area contributed by atoms with Crippen molar-refractivity contribution in [1.82, 2.24) is 9.88 Å². The molecular weight excluding hydrogens is 184 g/mol. The standard InChI is InChI=1S/C9H12N2OS/c1-7-10-8(6-13-7)9(12)4-5-11(2)3/h4-6H,1-3H3/b5-4+. The lowest BCUT2D eigenvalue weighted by atomic mass is 10.3.